The van der Waals surface area contributed by atoms with Gasteiger partial charge in [0.2, 0.25) is 5.89 Å². The number of rotatable bonds is 7. The molecule has 1 atom stereocenters. The van der Waals surface area contributed by atoms with E-state index in [9.17, 15) is 13.2 Å². The number of sulfone groups is 1. The van der Waals surface area contributed by atoms with Gasteiger partial charge in [-0.1, -0.05) is 55.5 Å². The highest BCUT2D eigenvalue weighted by atomic mass is 32.2. The number of benzene rings is 2. The van der Waals surface area contributed by atoms with E-state index in [2.05, 4.69) is 15.5 Å². The number of nitrogens with one attached hydrogen (secondary N) is 1. The first-order valence-electron chi connectivity index (χ1n) is 8.39. The van der Waals surface area contributed by atoms with Gasteiger partial charge in [0, 0.05) is 6.54 Å². The summed E-state index contributed by atoms with van der Waals surface area (Å²) in [5.41, 5.74) is 1.10. The Morgan fingerprint density at radius 2 is 1.67 bits per heavy atom. The molecule has 1 amide bonds. The van der Waals surface area contributed by atoms with E-state index in [1.54, 1.807) is 18.2 Å². The van der Waals surface area contributed by atoms with Gasteiger partial charge in [-0.15, -0.1) is 10.2 Å². The van der Waals surface area contributed by atoms with Gasteiger partial charge in [-0.25, -0.2) is 8.42 Å². The molecule has 0 saturated carbocycles. The summed E-state index contributed by atoms with van der Waals surface area (Å²) in [5, 5.41) is 10.0. The van der Waals surface area contributed by atoms with E-state index in [0.29, 0.717) is 6.54 Å². The Morgan fingerprint density at radius 1 is 1.04 bits per heavy atom. The third-order valence-electron chi connectivity index (χ3n) is 4.01. The lowest BCUT2D eigenvalue weighted by molar-refractivity contribution is 0.0915. The summed E-state index contributed by atoms with van der Waals surface area (Å²) in [6, 6.07) is 17.7. The molecule has 0 aliphatic carbocycles. The first kappa shape index (κ1) is 18.8. The standard InChI is InChI=1S/C19H19N3O4S/c1-14(15-8-4-2-5-9-15)12-20-18(23)19-22-21-17(26-19)13-27(24,25)16-10-6-3-7-11-16/h2-11,14H,12-13H2,1H3,(H,20,23). The summed E-state index contributed by atoms with van der Waals surface area (Å²) in [5.74, 6) is -1.27. The lowest BCUT2D eigenvalue weighted by atomic mass is 10.0. The number of hydrogen-bond donors (Lipinski definition) is 1. The fourth-order valence-corrected chi connectivity index (χ4v) is 3.68. The fraction of sp³-hybridized carbons (Fsp3) is 0.211. The molecule has 1 N–H and O–H groups in total. The Hall–Kier alpha value is -3.00. The van der Waals surface area contributed by atoms with E-state index in [0.717, 1.165) is 5.56 Å². The first-order valence-corrected chi connectivity index (χ1v) is 10.0. The molecule has 0 spiro atoms. The van der Waals surface area contributed by atoms with Crippen molar-refractivity contribution in [2.75, 3.05) is 6.54 Å². The van der Waals surface area contributed by atoms with Crippen molar-refractivity contribution in [2.45, 2.75) is 23.5 Å². The molecule has 8 heteroatoms. The monoisotopic (exact) mass is 385 g/mol. The van der Waals surface area contributed by atoms with Crippen LogP contribution >= 0.6 is 0 Å². The van der Waals surface area contributed by atoms with E-state index in [1.807, 2.05) is 37.3 Å². The zero-order valence-electron chi connectivity index (χ0n) is 14.7. The van der Waals surface area contributed by atoms with E-state index in [-0.39, 0.29) is 22.6 Å². The van der Waals surface area contributed by atoms with E-state index in [1.165, 1.54) is 12.1 Å². The van der Waals surface area contributed by atoms with Crippen LogP contribution < -0.4 is 5.32 Å². The SMILES string of the molecule is CC(CNC(=O)c1nnc(CS(=O)(=O)c2ccccc2)o1)c1ccccc1. The Bertz CT molecular complexity index is 1000. The molecule has 0 aliphatic rings. The molecule has 0 radical (unpaired) electrons. The second kappa shape index (κ2) is 8.13. The Morgan fingerprint density at radius 3 is 2.33 bits per heavy atom. The molecule has 7 nitrogen and oxygen atoms in total. The molecule has 0 bridgehead atoms. The van der Waals surface area contributed by atoms with Crippen LogP contribution in [0.4, 0.5) is 0 Å². The lowest BCUT2D eigenvalue weighted by Crippen LogP contribution is -2.27. The normalized spacial score (nSPS) is 12.5. The minimum atomic E-state index is -3.62. The van der Waals surface area contributed by atoms with Gasteiger partial charge in [0.15, 0.2) is 9.84 Å². The average Bonchev–Trinajstić information content (AvgIpc) is 3.15. The summed E-state index contributed by atoms with van der Waals surface area (Å²) in [6.45, 7) is 2.38. The van der Waals surface area contributed by atoms with Crippen LogP contribution in [-0.2, 0) is 15.6 Å². The molecular weight excluding hydrogens is 366 g/mol. The predicted molar refractivity (Wildman–Crippen MR) is 98.8 cm³/mol. The molecular formula is C19H19N3O4S. The van der Waals surface area contributed by atoms with Gasteiger partial charge < -0.3 is 9.73 Å². The quantitative estimate of drug-likeness (QED) is 0.671. The van der Waals surface area contributed by atoms with Crippen LogP contribution in [0.25, 0.3) is 0 Å². The van der Waals surface area contributed by atoms with Crippen molar-refractivity contribution in [3.63, 3.8) is 0 Å². The molecule has 140 valence electrons. The van der Waals surface area contributed by atoms with Crippen molar-refractivity contribution in [1.82, 2.24) is 15.5 Å². The lowest BCUT2D eigenvalue weighted by Gasteiger charge is -2.11. The number of nitrogens with zero attached hydrogens (tertiary/aromatic N) is 2. The van der Waals surface area contributed by atoms with Crippen molar-refractivity contribution in [3.05, 3.63) is 78.0 Å². The maximum Gasteiger partial charge on any atom is 0.308 e. The molecule has 3 aromatic rings. The number of aromatic nitrogens is 2. The van der Waals surface area contributed by atoms with Crippen LogP contribution in [0.2, 0.25) is 0 Å². The molecule has 3 rings (SSSR count). The highest BCUT2D eigenvalue weighted by Gasteiger charge is 2.21. The smallest absolute Gasteiger partial charge is 0.308 e. The number of carbonyl (C=O) groups excluding carboxylic acids is 1. The van der Waals surface area contributed by atoms with Crippen LogP contribution in [0.5, 0.6) is 0 Å². The molecule has 1 unspecified atom stereocenters. The molecule has 27 heavy (non-hydrogen) atoms. The minimum absolute atomic E-state index is 0.107. The molecule has 0 aliphatic heterocycles. The van der Waals surface area contributed by atoms with Gasteiger partial charge >= 0.3 is 11.8 Å². The van der Waals surface area contributed by atoms with Crippen LogP contribution in [0.1, 0.15) is 35.0 Å². The van der Waals surface area contributed by atoms with Crippen molar-refractivity contribution in [1.29, 1.82) is 0 Å². The van der Waals surface area contributed by atoms with Crippen molar-refractivity contribution in [2.24, 2.45) is 0 Å². The maximum absolute atomic E-state index is 12.3. The highest BCUT2D eigenvalue weighted by Crippen LogP contribution is 2.16. The summed E-state index contributed by atoms with van der Waals surface area (Å²) >= 11 is 0. The van der Waals surface area contributed by atoms with Gasteiger partial charge in [-0.2, -0.15) is 0 Å². The van der Waals surface area contributed by atoms with E-state index >= 15 is 0 Å². The van der Waals surface area contributed by atoms with Gasteiger partial charge in [0.05, 0.1) is 4.90 Å². The zero-order valence-corrected chi connectivity index (χ0v) is 15.5. The Labute approximate surface area is 157 Å². The maximum atomic E-state index is 12.3. The summed E-state index contributed by atoms with van der Waals surface area (Å²) in [4.78, 5) is 12.3. The molecule has 1 heterocycles. The summed E-state index contributed by atoms with van der Waals surface area (Å²) in [7, 11) is -3.62. The topological polar surface area (TPSA) is 102 Å². The first-order chi connectivity index (χ1) is 13.0. The van der Waals surface area contributed by atoms with Crippen LogP contribution in [0.3, 0.4) is 0 Å². The molecule has 0 fully saturated rings. The van der Waals surface area contributed by atoms with Crippen LogP contribution in [-0.4, -0.2) is 31.1 Å². The van der Waals surface area contributed by atoms with Crippen molar-refractivity contribution in [3.8, 4) is 0 Å². The second-order valence-electron chi connectivity index (χ2n) is 6.09. The Kier molecular flexibility index (Phi) is 5.66. The number of carbonyl (C=O) groups is 1. The molecule has 0 saturated heterocycles. The van der Waals surface area contributed by atoms with Gasteiger partial charge in [-0.3, -0.25) is 4.79 Å². The van der Waals surface area contributed by atoms with Crippen molar-refractivity contribution >= 4 is 15.7 Å². The van der Waals surface area contributed by atoms with Gasteiger partial charge in [0.1, 0.15) is 5.75 Å². The van der Waals surface area contributed by atoms with Gasteiger partial charge in [-0.05, 0) is 23.6 Å². The summed E-state index contributed by atoms with van der Waals surface area (Å²) in [6.07, 6.45) is 0. The zero-order chi connectivity index (χ0) is 19.3. The summed E-state index contributed by atoms with van der Waals surface area (Å²) < 4.78 is 29.9. The third kappa shape index (κ3) is 4.79. The minimum Gasteiger partial charge on any atom is -0.416 e. The molecule has 2 aromatic carbocycles. The second-order valence-corrected chi connectivity index (χ2v) is 8.08. The number of amides is 1. The van der Waals surface area contributed by atoms with Crippen molar-refractivity contribution < 1.29 is 17.6 Å². The van der Waals surface area contributed by atoms with Crippen LogP contribution in [0.15, 0.2) is 70.0 Å². The van der Waals surface area contributed by atoms with E-state index < -0.39 is 21.5 Å². The fourth-order valence-electron chi connectivity index (χ4n) is 2.50. The Balaban J connectivity index is 1.61. The third-order valence-corrected chi connectivity index (χ3v) is 5.63. The predicted octanol–water partition coefficient (Wildman–Crippen LogP) is 2.58. The van der Waals surface area contributed by atoms with Crippen LogP contribution in [0, 0.1) is 0 Å². The average molecular weight is 385 g/mol. The van der Waals surface area contributed by atoms with E-state index in [4.69, 9.17) is 4.42 Å². The number of hydrogen-bond acceptors (Lipinski definition) is 6. The molecule has 1 aromatic heterocycles. The highest BCUT2D eigenvalue weighted by molar-refractivity contribution is 7.90. The largest absolute Gasteiger partial charge is 0.416 e. The van der Waals surface area contributed by atoms with Gasteiger partial charge in [0.25, 0.3) is 0 Å².